The number of benzene rings is 2. The summed E-state index contributed by atoms with van der Waals surface area (Å²) in [6.07, 6.45) is 0. The van der Waals surface area contributed by atoms with E-state index in [9.17, 15) is 0 Å². The van der Waals surface area contributed by atoms with E-state index in [4.69, 9.17) is 10.3 Å². The van der Waals surface area contributed by atoms with Gasteiger partial charge in [-0.3, -0.25) is 0 Å². The molecule has 0 saturated carbocycles. The fourth-order valence-corrected chi connectivity index (χ4v) is 1.43. The Kier molecular flexibility index (Phi) is 2.96. The van der Waals surface area contributed by atoms with Crippen molar-refractivity contribution in [3.8, 4) is 11.5 Å². The van der Waals surface area contributed by atoms with E-state index in [1.807, 2.05) is 43.3 Å². The normalized spacial score (nSPS) is 9.81. The minimum Gasteiger partial charge on any atom is -0.455 e. The predicted molar refractivity (Wildman–Crippen MR) is 62.5 cm³/mol. The van der Waals surface area contributed by atoms with Gasteiger partial charge in [0.1, 0.15) is 11.4 Å². The summed E-state index contributed by atoms with van der Waals surface area (Å²) in [5.74, 6) is 1.39. The quantitative estimate of drug-likeness (QED) is 0.750. The van der Waals surface area contributed by atoms with Gasteiger partial charge in [0.2, 0.25) is 0 Å². The Bertz CT molecular complexity index is 509. The lowest BCUT2D eigenvalue weighted by atomic mass is 10.2. The lowest BCUT2D eigenvalue weighted by Gasteiger charge is -2.09. The highest BCUT2D eigenvalue weighted by atomic mass is 16.5. The van der Waals surface area contributed by atoms with E-state index in [1.54, 1.807) is 12.1 Å². The maximum Gasteiger partial charge on any atom is 0.154 e. The number of nitrogens with zero attached hydrogens (tertiary/aromatic N) is 1. The number of para-hydroxylation sites is 3. The van der Waals surface area contributed by atoms with E-state index in [0.717, 1.165) is 11.3 Å². The van der Waals surface area contributed by atoms with Gasteiger partial charge in [-0.15, -0.1) is 0 Å². The Balaban J connectivity index is 2.34. The smallest absolute Gasteiger partial charge is 0.154 e. The summed E-state index contributed by atoms with van der Waals surface area (Å²) in [6, 6.07) is 15.0. The van der Waals surface area contributed by atoms with Crippen LogP contribution in [0, 0.1) is 12.5 Å². The van der Waals surface area contributed by atoms with E-state index >= 15 is 0 Å². The molecule has 0 fully saturated rings. The van der Waals surface area contributed by atoms with Gasteiger partial charge in [-0.2, -0.15) is 5.11 Å². The highest BCUT2D eigenvalue weighted by molar-refractivity contribution is 5.52. The van der Waals surface area contributed by atoms with Crippen LogP contribution < -0.4 is 4.74 Å². The Morgan fingerprint density at radius 1 is 0.938 bits per heavy atom. The van der Waals surface area contributed by atoms with Crippen LogP contribution in [0.3, 0.4) is 0 Å². The van der Waals surface area contributed by atoms with Crippen molar-refractivity contribution in [1.29, 1.82) is 5.53 Å². The summed E-state index contributed by atoms with van der Waals surface area (Å²) in [4.78, 5) is 0. The van der Waals surface area contributed by atoms with Crippen molar-refractivity contribution >= 4 is 5.69 Å². The van der Waals surface area contributed by atoms with Gasteiger partial charge in [0, 0.05) is 0 Å². The molecule has 0 bridgehead atoms. The van der Waals surface area contributed by atoms with Crippen LogP contribution in [-0.2, 0) is 0 Å². The van der Waals surface area contributed by atoms with Crippen molar-refractivity contribution in [2.45, 2.75) is 6.92 Å². The van der Waals surface area contributed by atoms with Crippen molar-refractivity contribution in [2.24, 2.45) is 5.11 Å². The molecule has 0 aliphatic heterocycles. The van der Waals surface area contributed by atoms with Gasteiger partial charge in [-0.1, -0.05) is 30.3 Å². The molecule has 0 aliphatic carbocycles. The van der Waals surface area contributed by atoms with Gasteiger partial charge in [-0.25, -0.2) is 5.53 Å². The first-order valence-electron chi connectivity index (χ1n) is 5.01. The third-order valence-electron chi connectivity index (χ3n) is 2.30. The van der Waals surface area contributed by atoms with Crippen LogP contribution >= 0.6 is 0 Å². The van der Waals surface area contributed by atoms with Gasteiger partial charge < -0.3 is 4.74 Å². The molecule has 2 aromatic carbocycles. The Morgan fingerprint density at radius 2 is 1.56 bits per heavy atom. The third-order valence-corrected chi connectivity index (χ3v) is 2.30. The van der Waals surface area contributed by atoms with Crippen LogP contribution in [0.1, 0.15) is 5.56 Å². The maximum absolute atomic E-state index is 7.05. The van der Waals surface area contributed by atoms with E-state index < -0.39 is 0 Å². The fraction of sp³-hybridized carbons (Fsp3) is 0.0769. The highest BCUT2D eigenvalue weighted by Crippen LogP contribution is 2.32. The zero-order chi connectivity index (χ0) is 11.4. The molecule has 0 aliphatic rings. The van der Waals surface area contributed by atoms with Gasteiger partial charge in [-0.05, 0) is 30.7 Å². The molecule has 0 heterocycles. The molecule has 16 heavy (non-hydrogen) atoms. The Morgan fingerprint density at radius 3 is 2.25 bits per heavy atom. The van der Waals surface area contributed by atoms with Crippen molar-refractivity contribution < 1.29 is 4.74 Å². The second-order valence-corrected chi connectivity index (χ2v) is 3.45. The second-order valence-electron chi connectivity index (χ2n) is 3.45. The highest BCUT2D eigenvalue weighted by Gasteiger charge is 2.04. The van der Waals surface area contributed by atoms with Crippen LogP contribution in [0.25, 0.3) is 0 Å². The maximum atomic E-state index is 7.05. The SMILES string of the molecule is Cc1ccccc1Oc1ccccc1N=N. The Hall–Kier alpha value is -2.16. The monoisotopic (exact) mass is 212 g/mol. The van der Waals surface area contributed by atoms with Gasteiger partial charge in [0.25, 0.3) is 0 Å². The molecule has 2 aromatic rings. The molecule has 0 spiro atoms. The number of rotatable bonds is 3. The van der Waals surface area contributed by atoms with Crippen LogP contribution in [-0.4, -0.2) is 0 Å². The first-order valence-corrected chi connectivity index (χ1v) is 5.01. The Labute approximate surface area is 94.2 Å². The van der Waals surface area contributed by atoms with Crippen LogP contribution in [0.15, 0.2) is 53.6 Å². The molecule has 0 saturated heterocycles. The van der Waals surface area contributed by atoms with Crippen LogP contribution in [0.2, 0.25) is 0 Å². The second kappa shape index (κ2) is 4.57. The number of ether oxygens (including phenoxy) is 1. The number of aryl methyl sites for hydroxylation is 1. The van der Waals surface area contributed by atoms with E-state index in [2.05, 4.69) is 5.11 Å². The minimum absolute atomic E-state index is 0.533. The molecule has 2 rings (SSSR count). The molecule has 1 N–H and O–H groups in total. The summed E-state index contributed by atoms with van der Waals surface area (Å²) in [7, 11) is 0. The lowest BCUT2D eigenvalue weighted by Crippen LogP contribution is -1.86. The molecule has 0 unspecified atom stereocenters. The molecular formula is C13H12N2O. The lowest BCUT2D eigenvalue weighted by molar-refractivity contribution is 0.479. The first-order chi connectivity index (χ1) is 7.81. The molecule has 0 radical (unpaired) electrons. The largest absolute Gasteiger partial charge is 0.455 e. The summed E-state index contributed by atoms with van der Waals surface area (Å²) in [5.41, 5.74) is 8.64. The predicted octanol–water partition coefficient (Wildman–Crippen LogP) is 4.45. The van der Waals surface area contributed by atoms with Crippen LogP contribution in [0.5, 0.6) is 11.5 Å². The zero-order valence-electron chi connectivity index (χ0n) is 8.97. The van der Waals surface area contributed by atoms with E-state index in [0.29, 0.717) is 11.4 Å². The molecule has 80 valence electrons. The summed E-state index contributed by atoms with van der Waals surface area (Å²) >= 11 is 0. The number of nitrogens with one attached hydrogen (secondary N) is 1. The van der Waals surface area contributed by atoms with Gasteiger partial charge in [0.05, 0.1) is 0 Å². The van der Waals surface area contributed by atoms with Crippen molar-refractivity contribution in [1.82, 2.24) is 0 Å². The fourth-order valence-electron chi connectivity index (χ4n) is 1.43. The first kappa shape index (κ1) is 10.4. The summed E-state index contributed by atoms with van der Waals surface area (Å²) in [6.45, 7) is 1.98. The van der Waals surface area contributed by atoms with Gasteiger partial charge in [0.15, 0.2) is 5.75 Å². The molecular weight excluding hydrogens is 200 g/mol. The summed E-state index contributed by atoms with van der Waals surface area (Å²) in [5, 5.41) is 3.42. The summed E-state index contributed by atoms with van der Waals surface area (Å²) < 4.78 is 5.72. The third kappa shape index (κ3) is 2.08. The molecule has 3 heteroatoms. The molecule has 0 atom stereocenters. The van der Waals surface area contributed by atoms with Crippen molar-refractivity contribution in [3.63, 3.8) is 0 Å². The van der Waals surface area contributed by atoms with E-state index in [1.165, 1.54) is 0 Å². The average molecular weight is 212 g/mol. The minimum atomic E-state index is 0.533. The average Bonchev–Trinajstić information content (AvgIpc) is 2.33. The van der Waals surface area contributed by atoms with Gasteiger partial charge >= 0.3 is 0 Å². The van der Waals surface area contributed by atoms with E-state index in [-0.39, 0.29) is 0 Å². The molecule has 0 amide bonds. The topological polar surface area (TPSA) is 45.4 Å². The number of hydrogen-bond donors (Lipinski definition) is 1. The zero-order valence-corrected chi connectivity index (χ0v) is 8.97. The van der Waals surface area contributed by atoms with Crippen LogP contribution in [0.4, 0.5) is 5.69 Å². The van der Waals surface area contributed by atoms with Crippen molar-refractivity contribution in [3.05, 3.63) is 54.1 Å². The molecule has 0 aromatic heterocycles. The molecule has 3 nitrogen and oxygen atoms in total. The van der Waals surface area contributed by atoms with Crippen molar-refractivity contribution in [2.75, 3.05) is 0 Å². The number of hydrogen-bond acceptors (Lipinski definition) is 3. The standard InChI is InChI=1S/C13H12N2O/c1-10-6-2-4-8-12(10)16-13-9-5-3-7-11(13)15-14/h2-9,14H,1H3.